The Hall–Kier alpha value is -1.84. The molecule has 104 valence electrons. The predicted molar refractivity (Wildman–Crippen MR) is 76.7 cm³/mol. The minimum Gasteiger partial charge on any atom is -0.489 e. The Morgan fingerprint density at radius 3 is 2.50 bits per heavy atom. The van der Waals surface area contributed by atoms with Crippen LogP contribution in [0, 0.1) is 6.92 Å². The molecule has 0 aliphatic carbocycles. The quantitative estimate of drug-likeness (QED) is 0.928. The molecular weight excluding hydrogens is 252 g/mol. The van der Waals surface area contributed by atoms with Crippen molar-refractivity contribution in [3.05, 3.63) is 65.2 Å². The van der Waals surface area contributed by atoms with Gasteiger partial charge in [0.15, 0.2) is 0 Å². The molecule has 1 N–H and O–H groups in total. The largest absolute Gasteiger partial charge is 0.489 e. The lowest BCUT2D eigenvalue weighted by Crippen LogP contribution is -2.46. The zero-order valence-electron chi connectivity index (χ0n) is 11.5. The van der Waals surface area contributed by atoms with Crippen molar-refractivity contribution < 1.29 is 14.6 Å². The van der Waals surface area contributed by atoms with Crippen molar-refractivity contribution in [1.29, 1.82) is 0 Å². The van der Waals surface area contributed by atoms with Gasteiger partial charge in [0.25, 0.3) is 0 Å². The van der Waals surface area contributed by atoms with Gasteiger partial charge in [0.1, 0.15) is 18.0 Å². The molecule has 3 nitrogen and oxygen atoms in total. The summed E-state index contributed by atoms with van der Waals surface area (Å²) < 4.78 is 10.9. The average molecular weight is 270 g/mol. The van der Waals surface area contributed by atoms with Crippen molar-refractivity contribution in [3.63, 3.8) is 0 Å². The van der Waals surface area contributed by atoms with Crippen LogP contribution >= 0.6 is 0 Å². The number of hydrogen-bond donors (Lipinski definition) is 1. The molecule has 0 saturated carbocycles. The Kier molecular flexibility index (Phi) is 3.47. The van der Waals surface area contributed by atoms with Crippen LogP contribution in [0.3, 0.4) is 0 Å². The van der Waals surface area contributed by atoms with Crippen molar-refractivity contribution in [3.8, 4) is 5.75 Å². The number of benzene rings is 2. The number of aliphatic hydroxyl groups is 1. The van der Waals surface area contributed by atoms with Gasteiger partial charge in [-0.2, -0.15) is 0 Å². The highest BCUT2D eigenvalue weighted by molar-refractivity contribution is 5.39. The standard InChI is InChI=1S/C17H18O3/c1-13-9-15(20-10-14-5-3-2-4-6-14)7-8-16(13)17(18)11-19-12-17/h2-9,18H,10-12H2,1H3. The molecule has 1 saturated heterocycles. The summed E-state index contributed by atoms with van der Waals surface area (Å²) in [4.78, 5) is 0. The minimum atomic E-state index is -0.817. The van der Waals surface area contributed by atoms with Gasteiger partial charge in [-0.25, -0.2) is 0 Å². The average Bonchev–Trinajstić information content (AvgIpc) is 2.44. The molecule has 0 spiro atoms. The Morgan fingerprint density at radius 1 is 1.15 bits per heavy atom. The van der Waals surface area contributed by atoms with Crippen molar-refractivity contribution in [2.45, 2.75) is 19.1 Å². The van der Waals surface area contributed by atoms with Crippen LogP contribution in [0.5, 0.6) is 5.75 Å². The smallest absolute Gasteiger partial charge is 0.136 e. The van der Waals surface area contributed by atoms with Gasteiger partial charge >= 0.3 is 0 Å². The first-order valence-corrected chi connectivity index (χ1v) is 6.75. The summed E-state index contributed by atoms with van der Waals surface area (Å²) in [7, 11) is 0. The molecule has 1 fully saturated rings. The first kappa shape index (κ1) is 13.2. The topological polar surface area (TPSA) is 38.7 Å². The van der Waals surface area contributed by atoms with E-state index in [4.69, 9.17) is 9.47 Å². The molecule has 0 aromatic heterocycles. The second kappa shape index (κ2) is 5.27. The van der Waals surface area contributed by atoms with Crippen molar-refractivity contribution in [2.24, 2.45) is 0 Å². The molecular formula is C17H18O3. The van der Waals surface area contributed by atoms with Gasteiger partial charge in [-0.05, 0) is 35.7 Å². The third-order valence-corrected chi connectivity index (χ3v) is 3.63. The number of aryl methyl sites for hydroxylation is 1. The van der Waals surface area contributed by atoms with Crippen molar-refractivity contribution in [1.82, 2.24) is 0 Å². The van der Waals surface area contributed by atoms with E-state index in [1.807, 2.05) is 55.5 Å². The van der Waals surface area contributed by atoms with Gasteiger partial charge in [-0.1, -0.05) is 36.4 Å². The molecule has 1 heterocycles. The van der Waals surface area contributed by atoms with Gasteiger partial charge in [-0.15, -0.1) is 0 Å². The molecule has 0 radical (unpaired) electrons. The molecule has 0 bridgehead atoms. The normalized spacial score (nSPS) is 16.5. The third-order valence-electron chi connectivity index (χ3n) is 3.63. The van der Waals surface area contributed by atoms with E-state index in [9.17, 15) is 5.11 Å². The highest BCUT2D eigenvalue weighted by Crippen LogP contribution is 2.33. The predicted octanol–water partition coefficient (Wildman–Crippen LogP) is 2.79. The van der Waals surface area contributed by atoms with Gasteiger partial charge in [0, 0.05) is 0 Å². The van der Waals surface area contributed by atoms with E-state index in [0.29, 0.717) is 19.8 Å². The van der Waals surface area contributed by atoms with E-state index in [1.165, 1.54) is 0 Å². The Balaban J connectivity index is 1.71. The Morgan fingerprint density at radius 2 is 1.90 bits per heavy atom. The van der Waals surface area contributed by atoms with Gasteiger partial charge in [-0.3, -0.25) is 0 Å². The van der Waals surface area contributed by atoms with E-state index < -0.39 is 5.60 Å². The summed E-state index contributed by atoms with van der Waals surface area (Å²) in [5.41, 5.74) is 2.28. The maximum Gasteiger partial charge on any atom is 0.136 e. The number of hydrogen-bond acceptors (Lipinski definition) is 3. The van der Waals surface area contributed by atoms with Crippen molar-refractivity contribution >= 4 is 0 Å². The van der Waals surface area contributed by atoms with Crippen LogP contribution in [-0.4, -0.2) is 18.3 Å². The summed E-state index contributed by atoms with van der Waals surface area (Å²) in [6.45, 7) is 3.28. The van der Waals surface area contributed by atoms with E-state index in [1.54, 1.807) is 0 Å². The first-order chi connectivity index (χ1) is 9.67. The Labute approximate surface area is 118 Å². The summed E-state index contributed by atoms with van der Waals surface area (Å²) in [5.74, 6) is 0.818. The number of ether oxygens (including phenoxy) is 2. The van der Waals surface area contributed by atoms with Crippen LogP contribution < -0.4 is 4.74 Å². The third kappa shape index (κ3) is 2.55. The maximum absolute atomic E-state index is 10.3. The van der Waals surface area contributed by atoms with Crippen LogP contribution in [0.1, 0.15) is 16.7 Å². The first-order valence-electron chi connectivity index (χ1n) is 6.75. The number of rotatable bonds is 4. The van der Waals surface area contributed by atoms with Crippen LogP contribution in [0.15, 0.2) is 48.5 Å². The van der Waals surface area contributed by atoms with Crippen LogP contribution in [-0.2, 0) is 16.9 Å². The lowest BCUT2D eigenvalue weighted by Gasteiger charge is -2.37. The molecule has 3 rings (SSSR count). The zero-order valence-corrected chi connectivity index (χ0v) is 11.5. The molecule has 3 heteroatoms. The van der Waals surface area contributed by atoms with Crippen LogP contribution in [0.4, 0.5) is 0 Å². The minimum absolute atomic E-state index is 0.373. The molecule has 20 heavy (non-hydrogen) atoms. The fraction of sp³-hybridized carbons (Fsp3) is 0.294. The summed E-state index contributed by atoms with van der Waals surface area (Å²) >= 11 is 0. The molecule has 2 aromatic rings. The lowest BCUT2D eigenvalue weighted by atomic mass is 9.88. The fourth-order valence-corrected chi connectivity index (χ4v) is 2.44. The molecule has 1 aliphatic rings. The van der Waals surface area contributed by atoms with Crippen LogP contribution in [0.25, 0.3) is 0 Å². The van der Waals surface area contributed by atoms with E-state index in [0.717, 1.165) is 22.4 Å². The maximum atomic E-state index is 10.3. The summed E-state index contributed by atoms with van der Waals surface area (Å²) in [6.07, 6.45) is 0. The zero-order chi connectivity index (χ0) is 14.0. The van der Waals surface area contributed by atoms with Gasteiger partial charge in [0.05, 0.1) is 13.2 Å². The van der Waals surface area contributed by atoms with E-state index in [2.05, 4.69) is 0 Å². The second-order valence-electron chi connectivity index (χ2n) is 5.28. The highest BCUT2D eigenvalue weighted by Gasteiger charge is 2.38. The molecule has 0 atom stereocenters. The van der Waals surface area contributed by atoms with Crippen molar-refractivity contribution in [2.75, 3.05) is 13.2 Å². The second-order valence-corrected chi connectivity index (χ2v) is 5.28. The van der Waals surface area contributed by atoms with Gasteiger partial charge < -0.3 is 14.6 Å². The lowest BCUT2D eigenvalue weighted by molar-refractivity contribution is -0.184. The van der Waals surface area contributed by atoms with Gasteiger partial charge in [0.2, 0.25) is 0 Å². The summed E-state index contributed by atoms with van der Waals surface area (Å²) in [5, 5.41) is 10.3. The van der Waals surface area contributed by atoms with E-state index in [-0.39, 0.29) is 0 Å². The summed E-state index contributed by atoms with van der Waals surface area (Å²) in [6, 6.07) is 15.9. The highest BCUT2D eigenvalue weighted by atomic mass is 16.5. The fourth-order valence-electron chi connectivity index (χ4n) is 2.44. The SMILES string of the molecule is Cc1cc(OCc2ccccc2)ccc1C1(O)COC1. The molecule has 0 amide bonds. The molecule has 1 aliphatic heterocycles. The molecule has 2 aromatic carbocycles. The monoisotopic (exact) mass is 270 g/mol. The van der Waals surface area contributed by atoms with E-state index >= 15 is 0 Å². The van der Waals surface area contributed by atoms with Crippen LogP contribution in [0.2, 0.25) is 0 Å². The Bertz CT molecular complexity index is 588. The molecule has 0 unspecified atom stereocenters.